The summed E-state index contributed by atoms with van der Waals surface area (Å²) in [6.07, 6.45) is 1.07. The van der Waals surface area contributed by atoms with Crippen LogP contribution in [0.4, 0.5) is 5.82 Å². The molecule has 102 valence electrons. The maximum absolute atomic E-state index is 6.00. The van der Waals surface area contributed by atoms with Crippen molar-refractivity contribution in [3.63, 3.8) is 0 Å². The molecule has 0 saturated heterocycles. The van der Waals surface area contributed by atoms with Crippen molar-refractivity contribution in [1.29, 1.82) is 0 Å². The summed E-state index contributed by atoms with van der Waals surface area (Å²) in [5, 5.41) is 4.56. The van der Waals surface area contributed by atoms with E-state index in [0.29, 0.717) is 11.7 Å². The molecule has 4 nitrogen and oxygen atoms in total. The number of rotatable bonds is 5. The average molecular weight is 259 g/mol. The van der Waals surface area contributed by atoms with Crippen LogP contribution in [0.5, 0.6) is 5.75 Å². The first kappa shape index (κ1) is 13.5. The van der Waals surface area contributed by atoms with Crippen LogP contribution in [0.3, 0.4) is 0 Å². The summed E-state index contributed by atoms with van der Waals surface area (Å²) in [5.41, 5.74) is 7.92. The summed E-state index contributed by atoms with van der Waals surface area (Å²) in [4.78, 5) is 0. The highest BCUT2D eigenvalue weighted by molar-refractivity contribution is 5.63. The van der Waals surface area contributed by atoms with Gasteiger partial charge in [0.05, 0.1) is 12.8 Å². The molecule has 4 heteroatoms. The fraction of sp³-hybridized carbons (Fsp3) is 0.400. The Bertz CT molecular complexity index is 546. The van der Waals surface area contributed by atoms with Crippen LogP contribution in [-0.2, 0) is 6.54 Å². The zero-order valence-electron chi connectivity index (χ0n) is 11.8. The van der Waals surface area contributed by atoms with Crippen molar-refractivity contribution in [2.45, 2.75) is 26.8 Å². The van der Waals surface area contributed by atoms with E-state index in [1.54, 1.807) is 7.11 Å². The summed E-state index contributed by atoms with van der Waals surface area (Å²) in [6, 6.07) is 9.76. The highest BCUT2D eigenvalue weighted by Crippen LogP contribution is 2.24. The first-order valence-electron chi connectivity index (χ1n) is 6.58. The number of hydrogen-bond acceptors (Lipinski definition) is 3. The summed E-state index contributed by atoms with van der Waals surface area (Å²) in [5.74, 6) is 2.18. The second-order valence-corrected chi connectivity index (χ2v) is 5.09. The monoisotopic (exact) mass is 259 g/mol. The molecule has 2 aromatic rings. The Labute approximate surface area is 114 Å². The van der Waals surface area contributed by atoms with Gasteiger partial charge >= 0.3 is 0 Å². The van der Waals surface area contributed by atoms with Crippen LogP contribution in [0.1, 0.15) is 20.3 Å². The highest BCUT2D eigenvalue weighted by atomic mass is 16.5. The first-order valence-corrected chi connectivity index (χ1v) is 6.58. The second kappa shape index (κ2) is 5.78. The van der Waals surface area contributed by atoms with Gasteiger partial charge in [-0.1, -0.05) is 26.0 Å². The summed E-state index contributed by atoms with van der Waals surface area (Å²) >= 11 is 0. The minimum absolute atomic E-state index is 0.642. The summed E-state index contributed by atoms with van der Waals surface area (Å²) in [7, 11) is 1.66. The van der Waals surface area contributed by atoms with E-state index in [-0.39, 0.29) is 0 Å². The van der Waals surface area contributed by atoms with Gasteiger partial charge in [0.15, 0.2) is 0 Å². The van der Waals surface area contributed by atoms with Gasteiger partial charge in [-0.25, -0.2) is 4.68 Å². The normalized spacial score (nSPS) is 10.9. The van der Waals surface area contributed by atoms with Crippen LogP contribution in [0.15, 0.2) is 30.3 Å². The molecule has 0 fully saturated rings. The molecule has 0 spiro atoms. The van der Waals surface area contributed by atoms with Crippen LogP contribution in [0.2, 0.25) is 0 Å². The molecule has 19 heavy (non-hydrogen) atoms. The van der Waals surface area contributed by atoms with E-state index in [9.17, 15) is 0 Å². The molecule has 0 saturated carbocycles. The molecule has 0 bridgehead atoms. The van der Waals surface area contributed by atoms with Crippen molar-refractivity contribution in [3.05, 3.63) is 30.3 Å². The molecule has 1 aromatic carbocycles. The highest BCUT2D eigenvalue weighted by Gasteiger charge is 2.08. The minimum atomic E-state index is 0.642. The van der Waals surface area contributed by atoms with Gasteiger partial charge in [0.1, 0.15) is 11.6 Å². The molecule has 0 unspecified atom stereocenters. The van der Waals surface area contributed by atoms with Crippen molar-refractivity contribution in [3.8, 4) is 17.0 Å². The lowest BCUT2D eigenvalue weighted by molar-refractivity contribution is 0.415. The molecular formula is C15H21N3O. The third-order valence-electron chi connectivity index (χ3n) is 3.09. The SMILES string of the molecule is COc1cccc(-c2cc(N)n(CCC(C)C)n2)c1. The number of hydrogen-bond donors (Lipinski definition) is 1. The Morgan fingerprint density at radius 3 is 2.79 bits per heavy atom. The van der Waals surface area contributed by atoms with Gasteiger partial charge < -0.3 is 10.5 Å². The van der Waals surface area contributed by atoms with Crippen LogP contribution in [-0.4, -0.2) is 16.9 Å². The number of aromatic nitrogens is 2. The third-order valence-corrected chi connectivity index (χ3v) is 3.09. The van der Waals surface area contributed by atoms with E-state index in [1.165, 1.54) is 0 Å². The third kappa shape index (κ3) is 3.28. The lowest BCUT2D eigenvalue weighted by Gasteiger charge is -2.06. The number of anilines is 1. The maximum atomic E-state index is 6.00. The smallest absolute Gasteiger partial charge is 0.122 e. The van der Waals surface area contributed by atoms with E-state index in [2.05, 4.69) is 18.9 Å². The number of aryl methyl sites for hydroxylation is 1. The molecular weight excluding hydrogens is 238 g/mol. The maximum Gasteiger partial charge on any atom is 0.122 e. The number of ether oxygens (including phenoxy) is 1. The van der Waals surface area contributed by atoms with Crippen molar-refractivity contribution in [1.82, 2.24) is 9.78 Å². The molecule has 0 aliphatic carbocycles. The Hall–Kier alpha value is -1.97. The van der Waals surface area contributed by atoms with Crippen molar-refractivity contribution >= 4 is 5.82 Å². The van der Waals surface area contributed by atoms with Gasteiger partial charge in [-0.3, -0.25) is 0 Å². The Morgan fingerprint density at radius 2 is 2.11 bits per heavy atom. The number of methoxy groups -OCH3 is 1. The standard InChI is InChI=1S/C15H21N3O/c1-11(2)7-8-18-15(16)10-14(17-18)12-5-4-6-13(9-12)19-3/h4-6,9-11H,7-8,16H2,1-3H3. The van der Waals surface area contributed by atoms with E-state index in [1.807, 2.05) is 35.0 Å². The van der Waals surface area contributed by atoms with E-state index in [4.69, 9.17) is 10.5 Å². The zero-order chi connectivity index (χ0) is 13.8. The molecule has 0 aliphatic heterocycles. The quantitative estimate of drug-likeness (QED) is 0.897. The number of nitrogen functional groups attached to an aromatic ring is 1. The second-order valence-electron chi connectivity index (χ2n) is 5.09. The fourth-order valence-electron chi connectivity index (χ4n) is 1.91. The molecule has 1 aromatic heterocycles. The Kier molecular flexibility index (Phi) is 4.10. The average Bonchev–Trinajstić information content (AvgIpc) is 2.78. The van der Waals surface area contributed by atoms with Crippen molar-refractivity contribution in [2.24, 2.45) is 5.92 Å². The van der Waals surface area contributed by atoms with Gasteiger partial charge in [0, 0.05) is 18.2 Å². The molecule has 2 N–H and O–H groups in total. The number of nitrogens with zero attached hydrogens (tertiary/aromatic N) is 2. The predicted octanol–water partition coefficient (Wildman–Crippen LogP) is 3.19. The molecule has 0 aliphatic rings. The molecule has 0 radical (unpaired) electrons. The van der Waals surface area contributed by atoms with Gasteiger partial charge in [-0.05, 0) is 24.5 Å². The lowest BCUT2D eigenvalue weighted by Crippen LogP contribution is -2.06. The van der Waals surface area contributed by atoms with Crippen molar-refractivity contribution in [2.75, 3.05) is 12.8 Å². The predicted molar refractivity (Wildman–Crippen MR) is 78.1 cm³/mol. The number of nitrogens with two attached hydrogens (primary N) is 1. The van der Waals surface area contributed by atoms with Gasteiger partial charge in [0.25, 0.3) is 0 Å². The van der Waals surface area contributed by atoms with E-state index in [0.717, 1.165) is 30.0 Å². The molecule has 0 amide bonds. The molecule has 2 rings (SSSR count). The zero-order valence-corrected chi connectivity index (χ0v) is 11.8. The van der Waals surface area contributed by atoms with Crippen LogP contribution < -0.4 is 10.5 Å². The minimum Gasteiger partial charge on any atom is -0.497 e. The van der Waals surface area contributed by atoms with Gasteiger partial charge in [0.2, 0.25) is 0 Å². The molecule has 1 heterocycles. The van der Waals surface area contributed by atoms with Crippen LogP contribution in [0, 0.1) is 5.92 Å². The van der Waals surface area contributed by atoms with E-state index >= 15 is 0 Å². The Morgan fingerprint density at radius 1 is 1.32 bits per heavy atom. The summed E-state index contributed by atoms with van der Waals surface area (Å²) in [6.45, 7) is 5.25. The van der Waals surface area contributed by atoms with Crippen LogP contribution in [0.25, 0.3) is 11.3 Å². The van der Waals surface area contributed by atoms with Crippen LogP contribution >= 0.6 is 0 Å². The first-order chi connectivity index (χ1) is 9.10. The summed E-state index contributed by atoms with van der Waals surface area (Å²) < 4.78 is 7.10. The lowest BCUT2D eigenvalue weighted by atomic mass is 10.1. The largest absolute Gasteiger partial charge is 0.497 e. The van der Waals surface area contributed by atoms with E-state index < -0.39 is 0 Å². The Balaban J connectivity index is 2.23. The van der Waals surface area contributed by atoms with Gasteiger partial charge in [-0.15, -0.1) is 0 Å². The molecule has 0 atom stereocenters. The fourth-order valence-corrected chi connectivity index (χ4v) is 1.91. The topological polar surface area (TPSA) is 53.1 Å². The van der Waals surface area contributed by atoms with Gasteiger partial charge in [-0.2, -0.15) is 5.10 Å². The van der Waals surface area contributed by atoms with Crippen molar-refractivity contribution < 1.29 is 4.74 Å². The number of benzene rings is 1.